The van der Waals surface area contributed by atoms with Crippen molar-refractivity contribution in [2.45, 2.75) is 19.8 Å². The van der Waals surface area contributed by atoms with Gasteiger partial charge in [0.1, 0.15) is 0 Å². The average Bonchev–Trinajstić information content (AvgIpc) is 2.09. The number of nitrogens with zero attached hydrogens (tertiary/aromatic N) is 1. The standard InChI is InChI=1S/C9H20N2S2/c1-3-13-8-4-6-11(2)7-5-9(10)12/h3-8H2,1-2H3,(H2,10,12). The van der Waals surface area contributed by atoms with E-state index in [0.29, 0.717) is 4.99 Å². The number of hydrogen-bond acceptors (Lipinski definition) is 3. The monoisotopic (exact) mass is 220 g/mol. The summed E-state index contributed by atoms with van der Waals surface area (Å²) in [7, 11) is 2.12. The fourth-order valence-electron chi connectivity index (χ4n) is 0.994. The Morgan fingerprint density at radius 1 is 1.46 bits per heavy atom. The Kier molecular flexibility index (Phi) is 8.92. The van der Waals surface area contributed by atoms with Crippen molar-refractivity contribution in [3.63, 3.8) is 0 Å². The van der Waals surface area contributed by atoms with E-state index in [1.165, 1.54) is 17.9 Å². The highest BCUT2D eigenvalue weighted by Gasteiger charge is 1.98. The summed E-state index contributed by atoms with van der Waals surface area (Å²) >= 11 is 6.81. The van der Waals surface area contributed by atoms with Gasteiger partial charge in [0.2, 0.25) is 0 Å². The van der Waals surface area contributed by atoms with Gasteiger partial charge >= 0.3 is 0 Å². The molecule has 0 fully saturated rings. The van der Waals surface area contributed by atoms with Gasteiger partial charge in [-0.1, -0.05) is 19.1 Å². The normalized spacial score (nSPS) is 10.7. The van der Waals surface area contributed by atoms with Crippen LogP contribution in [-0.2, 0) is 0 Å². The lowest BCUT2D eigenvalue weighted by Crippen LogP contribution is -2.25. The second kappa shape index (κ2) is 8.78. The maximum atomic E-state index is 5.42. The second-order valence-electron chi connectivity index (χ2n) is 3.07. The smallest absolute Gasteiger partial charge is 0.0740 e. The highest BCUT2D eigenvalue weighted by Crippen LogP contribution is 2.01. The molecule has 0 amide bonds. The Bertz CT molecular complexity index is 140. The number of thiocarbonyl (C=S) groups is 1. The van der Waals surface area contributed by atoms with E-state index in [-0.39, 0.29) is 0 Å². The van der Waals surface area contributed by atoms with E-state index < -0.39 is 0 Å². The van der Waals surface area contributed by atoms with Gasteiger partial charge < -0.3 is 10.6 Å². The Morgan fingerprint density at radius 3 is 2.69 bits per heavy atom. The molecule has 0 aliphatic carbocycles. The maximum absolute atomic E-state index is 5.42. The summed E-state index contributed by atoms with van der Waals surface area (Å²) in [5.41, 5.74) is 5.42. The quantitative estimate of drug-likeness (QED) is 0.498. The van der Waals surface area contributed by atoms with Crippen molar-refractivity contribution in [3.05, 3.63) is 0 Å². The lowest BCUT2D eigenvalue weighted by molar-refractivity contribution is 0.346. The highest BCUT2D eigenvalue weighted by molar-refractivity contribution is 7.99. The molecule has 0 saturated carbocycles. The van der Waals surface area contributed by atoms with Gasteiger partial charge in [0.05, 0.1) is 4.99 Å². The van der Waals surface area contributed by atoms with E-state index in [4.69, 9.17) is 18.0 Å². The first-order chi connectivity index (χ1) is 6.16. The molecule has 0 aliphatic rings. The van der Waals surface area contributed by atoms with E-state index >= 15 is 0 Å². The van der Waals surface area contributed by atoms with Crippen LogP contribution >= 0.6 is 24.0 Å². The van der Waals surface area contributed by atoms with Crippen LogP contribution in [0.2, 0.25) is 0 Å². The number of nitrogens with two attached hydrogens (primary N) is 1. The van der Waals surface area contributed by atoms with Crippen LogP contribution in [-0.4, -0.2) is 41.5 Å². The average molecular weight is 220 g/mol. The van der Waals surface area contributed by atoms with Crippen LogP contribution in [0.3, 0.4) is 0 Å². The van der Waals surface area contributed by atoms with Crippen molar-refractivity contribution in [3.8, 4) is 0 Å². The molecule has 0 atom stereocenters. The largest absolute Gasteiger partial charge is 0.393 e. The third-order valence-electron chi connectivity index (χ3n) is 1.77. The molecule has 0 aromatic carbocycles. The minimum atomic E-state index is 0.620. The highest BCUT2D eigenvalue weighted by atomic mass is 32.2. The third kappa shape index (κ3) is 10.1. The molecule has 2 nitrogen and oxygen atoms in total. The summed E-state index contributed by atoms with van der Waals surface area (Å²) in [6, 6.07) is 0. The van der Waals surface area contributed by atoms with Gasteiger partial charge in [-0.3, -0.25) is 0 Å². The molecule has 0 bridgehead atoms. The van der Waals surface area contributed by atoms with Crippen LogP contribution in [0, 0.1) is 0 Å². The molecule has 13 heavy (non-hydrogen) atoms. The molecule has 0 aromatic heterocycles. The topological polar surface area (TPSA) is 29.3 Å². The van der Waals surface area contributed by atoms with Crippen molar-refractivity contribution < 1.29 is 0 Å². The lowest BCUT2D eigenvalue weighted by Gasteiger charge is -2.15. The fourth-order valence-corrected chi connectivity index (χ4v) is 1.71. The van der Waals surface area contributed by atoms with Crippen LogP contribution in [0.4, 0.5) is 0 Å². The molecule has 0 radical (unpaired) electrons. The first-order valence-electron chi connectivity index (χ1n) is 4.71. The van der Waals surface area contributed by atoms with Gasteiger partial charge in [-0.15, -0.1) is 0 Å². The second-order valence-corrected chi connectivity index (χ2v) is 4.99. The molecule has 0 aromatic rings. The molecule has 0 unspecified atom stereocenters. The van der Waals surface area contributed by atoms with Gasteiger partial charge in [0.25, 0.3) is 0 Å². The van der Waals surface area contributed by atoms with Gasteiger partial charge in [0.15, 0.2) is 0 Å². The van der Waals surface area contributed by atoms with Crippen LogP contribution < -0.4 is 5.73 Å². The maximum Gasteiger partial charge on any atom is 0.0740 e. The predicted octanol–water partition coefficient (Wildman–Crippen LogP) is 1.74. The zero-order valence-corrected chi connectivity index (χ0v) is 10.2. The summed E-state index contributed by atoms with van der Waals surface area (Å²) < 4.78 is 0. The van der Waals surface area contributed by atoms with Crippen LogP contribution in [0.5, 0.6) is 0 Å². The molecule has 2 N–H and O–H groups in total. The molecule has 4 heteroatoms. The van der Waals surface area contributed by atoms with Crippen molar-refractivity contribution >= 4 is 29.0 Å². The zero-order chi connectivity index (χ0) is 10.1. The molecule has 0 rings (SSSR count). The molecule has 78 valence electrons. The van der Waals surface area contributed by atoms with E-state index in [1.54, 1.807) is 0 Å². The summed E-state index contributed by atoms with van der Waals surface area (Å²) in [4.78, 5) is 2.91. The van der Waals surface area contributed by atoms with Gasteiger partial charge in [0, 0.05) is 13.0 Å². The van der Waals surface area contributed by atoms with E-state index in [9.17, 15) is 0 Å². The summed E-state index contributed by atoms with van der Waals surface area (Å²) in [5, 5.41) is 0. The van der Waals surface area contributed by atoms with Crippen molar-refractivity contribution in [2.75, 3.05) is 31.6 Å². The van der Waals surface area contributed by atoms with E-state index in [1.807, 2.05) is 11.8 Å². The molecule has 0 saturated heterocycles. The van der Waals surface area contributed by atoms with Crippen molar-refractivity contribution in [1.82, 2.24) is 4.90 Å². The minimum Gasteiger partial charge on any atom is -0.393 e. The van der Waals surface area contributed by atoms with Crippen LogP contribution in [0.1, 0.15) is 19.8 Å². The summed E-state index contributed by atoms with van der Waals surface area (Å²) in [5.74, 6) is 2.48. The Hall–Kier alpha value is 0.200. The Balaban J connectivity index is 3.19. The van der Waals surface area contributed by atoms with E-state index in [2.05, 4.69) is 18.9 Å². The van der Waals surface area contributed by atoms with Gasteiger partial charge in [-0.25, -0.2) is 0 Å². The number of hydrogen-bond donors (Lipinski definition) is 1. The van der Waals surface area contributed by atoms with Crippen LogP contribution in [0.25, 0.3) is 0 Å². The summed E-state index contributed by atoms with van der Waals surface area (Å²) in [6.07, 6.45) is 2.10. The number of thioether (sulfide) groups is 1. The van der Waals surface area contributed by atoms with Gasteiger partial charge in [-0.2, -0.15) is 11.8 Å². The molecule has 0 aliphatic heterocycles. The first kappa shape index (κ1) is 13.2. The van der Waals surface area contributed by atoms with Crippen LogP contribution in [0.15, 0.2) is 0 Å². The molecular formula is C9H20N2S2. The lowest BCUT2D eigenvalue weighted by atomic mass is 10.3. The van der Waals surface area contributed by atoms with Gasteiger partial charge in [-0.05, 0) is 31.5 Å². The first-order valence-corrected chi connectivity index (χ1v) is 6.27. The SMILES string of the molecule is CCSCCCN(C)CCC(N)=S. The van der Waals surface area contributed by atoms with Crippen molar-refractivity contribution in [1.29, 1.82) is 0 Å². The Labute approximate surface area is 91.2 Å². The molecular weight excluding hydrogens is 200 g/mol. The minimum absolute atomic E-state index is 0.620. The zero-order valence-electron chi connectivity index (χ0n) is 8.58. The molecule has 0 spiro atoms. The van der Waals surface area contributed by atoms with Crippen molar-refractivity contribution in [2.24, 2.45) is 5.73 Å². The predicted molar refractivity (Wildman–Crippen MR) is 66.5 cm³/mol. The molecule has 0 heterocycles. The fraction of sp³-hybridized carbons (Fsp3) is 0.889. The summed E-state index contributed by atoms with van der Waals surface area (Å²) in [6.45, 7) is 4.34. The third-order valence-corrected chi connectivity index (χ3v) is 2.96. The van der Waals surface area contributed by atoms with E-state index in [0.717, 1.165) is 19.5 Å². The Morgan fingerprint density at radius 2 is 2.15 bits per heavy atom. The number of rotatable bonds is 8.